The van der Waals surface area contributed by atoms with Gasteiger partial charge < -0.3 is 15.0 Å². The Morgan fingerprint density at radius 2 is 2.46 bits per heavy atom. The summed E-state index contributed by atoms with van der Waals surface area (Å²) in [6.45, 7) is 1.67. The molecule has 13 heavy (non-hydrogen) atoms. The number of nitrogens with zero attached hydrogens (tertiary/aromatic N) is 1. The fourth-order valence-electron chi connectivity index (χ4n) is 0.955. The predicted octanol–water partition coefficient (Wildman–Crippen LogP) is 0.667. The molecule has 5 nitrogen and oxygen atoms in total. The maximum atomic E-state index is 11.1. The van der Waals surface area contributed by atoms with E-state index in [9.17, 15) is 4.79 Å². The molecule has 0 atom stereocenters. The van der Waals surface area contributed by atoms with Crippen LogP contribution in [0.3, 0.4) is 0 Å². The molecule has 0 bridgehead atoms. The van der Waals surface area contributed by atoms with E-state index in [1.165, 1.54) is 19.4 Å². The summed E-state index contributed by atoms with van der Waals surface area (Å²) in [5.74, 6) is 5.41. The topological polar surface area (TPSA) is 77.8 Å². The van der Waals surface area contributed by atoms with Gasteiger partial charge in [0.1, 0.15) is 17.1 Å². The van der Waals surface area contributed by atoms with E-state index in [0.29, 0.717) is 17.1 Å². The van der Waals surface area contributed by atoms with E-state index in [1.807, 2.05) is 0 Å². The van der Waals surface area contributed by atoms with Gasteiger partial charge in [0.2, 0.25) is 0 Å². The van der Waals surface area contributed by atoms with Crippen molar-refractivity contribution in [1.82, 2.24) is 0 Å². The Labute approximate surface area is 75.2 Å². The van der Waals surface area contributed by atoms with E-state index >= 15 is 0 Å². The predicted molar refractivity (Wildman–Crippen MR) is 46.6 cm³/mol. The maximum Gasteiger partial charge on any atom is 0.341 e. The molecule has 0 fully saturated rings. The Balaban J connectivity index is 3.02. The number of ether oxygens (including phenoxy) is 1. The molecule has 0 aliphatic heterocycles. The largest absolute Gasteiger partial charge is 0.465 e. The summed E-state index contributed by atoms with van der Waals surface area (Å²) < 4.78 is 9.68. The van der Waals surface area contributed by atoms with Crippen molar-refractivity contribution in [2.24, 2.45) is 10.9 Å². The van der Waals surface area contributed by atoms with Gasteiger partial charge in [-0.05, 0) is 6.92 Å². The highest BCUT2D eigenvalue weighted by molar-refractivity contribution is 5.92. The zero-order valence-electron chi connectivity index (χ0n) is 7.40. The van der Waals surface area contributed by atoms with Crippen LogP contribution in [0.2, 0.25) is 0 Å². The summed E-state index contributed by atoms with van der Waals surface area (Å²) in [6, 6.07) is 1.53. The molecule has 1 aromatic heterocycles. The Morgan fingerprint density at radius 3 is 3.00 bits per heavy atom. The average molecular weight is 182 g/mol. The molecule has 1 aromatic rings. The quantitative estimate of drug-likeness (QED) is 0.315. The van der Waals surface area contributed by atoms with Crippen molar-refractivity contribution in [3.05, 3.63) is 23.2 Å². The Kier molecular flexibility index (Phi) is 2.69. The van der Waals surface area contributed by atoms with Gasteiger partial charge in [0.25, 0.3) is 0 Å². The average Bonchev–Trinajstić information content (AvgIpc) is 2.46. The SMILES string of the molecule is COC(=O)c1cc(/C=N/N)oc1C. The van der Waals surface area contributed by atoms with Gasteiger partial charge in [0, 0.05) is 6.07 Å². The summed E-state index contributed by atoms with van der Waals surface area (Å²) in [6.07, 6.45) is 1.32. The lowest BCUT2D eigenvalue weighted by Gasteiger charge is -1.93. The number of hydrazone groups is 1. The van der Waals surface area contributed by atoms with Gasteiger partial charge in [-0.25, -0.2) is 4.79 Å². The van der Waals surface area contributed by atoms with Crippen LogP contribution in [-0.4, -0.2) is 19.3 Å². The van der Waals surface area contributed by atoms with Crippen molar-refractivity contribution >= 4 is 12.2 Å². The van der Waals surface area contributed by atoms with Crippen LogP contribution in [0.4, 0.5) is 0 Å². The second kappa shape index (κ2) is 3.75. The highest BCUT2D eigenvalue weighted by atomic mass is 16.5. The number of nitrogens with two attached hydrogens (primary N) is 1. The standard InChI is InChI=1S/C8H10N2O3/c1-5-7(8(11)12-2)3-6(13-5)4-10-9/h3-4H,9H2,1-2H3/b10-4+. The third-order valence-electron chi connectivity index (χ3n) is 1.54. The first-order chi connectivity index (χ1) is 6.19. The highest BCUT2D eigenvalue weighted by Gasteiger charge is 2.13. The zero-order chi connectivity index (χ0) is 9.84. The Morgan fingerprint density at radius 1 is 1.77 bits per heavy atom. The van der Waals surface area contributed by atoms with Gasteiger partial charge in [-0.15, -0.1) is 0 Å². The normalized spacial score (nSPS) is 10.6. The maximum absolute atomic E-state index is 11.1. The molecule has 5 heteroatoms. The number of aryl methyl sites for hydroxylation is 1. The van der Waals surface area contributed by atoms with E-state index in [4.69, 9.17) is 10.3 Å². The fourth-order valence-corrected chi connectivity index (χ4v) is 0.955. The van der Waals surface area contributed by atoms with Gasteiger partial charge in [0.05, 0.1) is 13.3 Å². The van der Waals surface area contributed by atoms with Crippen LogP contribution in [0.15, 0.2) is 15.6 Å². The number of carbonyl (C=O) groups excluding carboxylic acids is 1. The molecular formula is C8H10N2O3. The van der Waals surface area contributed by atoms with Crippen LogP contribution in [0.1, 0.15) is 21.9 Å². The molecule has 0 radical (unpaired) electrons. The lowest BCUT2D eigenvalue weighted by Crippen LogP contribution is -2.00. The first-order valence-corrected chi connectivity index (χ1v) is 3.61. The molecule has 70 valence electrons. The number of hydrogen-bond donors (Lipinski definition) is 1. The number of methoxy groups -OCH3 is 1. The van der Waals surface area contributed by atoms with E-state index in [1.54, 1.807) is 6.92 Å². The lowest BCUT2D eigenvalue weighted by atomic mass is 10.2. The van der Waals surface area contributed by atoms with Crippen LogP contribution < -0.4 is 5.84 Å². The van der Waals surface area contributed by atoms with E-state index in [-0.39, 0.29) is 0 Å². The van der Waals surface area contributed by atoms with E-state index in [2.05, 4.69) is 9.84 Å². The summed E-state index contributed by atoms with van der Waals surface area (Å²) in [5.41, 5.74) is 0.386. The van der Waals surface area contributed by atoms with Crippen molar-refractivity contribution in [3.8, 4) is 0 Å². The monoisotopic (exact) mass is 182 g/mol. The second-order valence-electron chi connectivity index (χ2n) is 2.39. The van der Waals surface area contributed by atoms with Gasteiger partial charge in [-0.1, -0.05) is 0 Å². The molecule has 0 saturated heterocycles. The number of esters is 1. The Bertz CT molecular complexity index is 341. The van der Waals surface area contributed by atoms with Gasteiger partial charge in [0.15, 0.2) is 0 Å². The van der Waals surface area contributed by atoms with Gasteiger partial charge >= 0.3 is 5.97 Å². The van der Waals surface area contributed by atoms with Crippen LogP contribution in [0.5, 0.6) is 0 Å². The first kappa shape index (κ1) is 9.31. The minimum Gasteiger partial charge on any atom is -0.465 e. The Hall–Kier alpha value is -1.78. The van der Waals surface area contributed by atoms with Crippen molar-refractivity contribution in [3.63, 3.8) is 0 Å². The molecule has 0 aliphatic carbocycles. The third kappa shape index (κ3) is 1.87. The van der Waals surface area contributed by atoms with Crippen LogP contribution >= 0.6 is 0 Å². The number of carbonyl (C=O) groups is 1. The van der Waals surface area contributed by atoms with Crippen molar-refractivity contribution < 1.29 is 13.9 Å². The third-order valence-corrected chi connectivity index (χ3v) is 1.54. The van der Waals surface area contributed by atoms with Crippen LogP contribution in [0.25, 0.3) is 0 Å². The lowest BCUT2D eigenvalue weighted by molar-refractivity contribution is 0.0599. The molecule has 0 spiro atoms. The van der Waals surface area contributed by atoms with Crippen molar-refractivity contribution in [2.45, 2.75) is 6.92 Å². The van der Waals surface area contributed by atoms with Gasteiger partial charge in [-0.2, -0.15) is 5.10 Å². The van der Waals surface area contributed by atoms with E-state index < -0.39 is 5.97 Å². The molecule has 1 heterocycles. The van der Waals surface area contributed by atoms with Crippen LogP contribution in [0, 0.1) is 6.92 Å². The second-order valence-corrected chi connectivity index (χ2v) is 2.39. The summed E-state index contributed by atoms with van der Waals surface area (Å²) in [7, 11) is 1.31. The number of furan rings is 1. The summed E-state index contributed by atoms with van der Waals surface area (Å²) in [5, 5.41) is 3.27. The van der Waals surface area contributed by atoms with Gasteiger partial charge in [-0.3, -0.25) is 0 Å². The van der Waals surface area contributed by atoms with E-state index in [0.717, 1.165) is 0 Å². The molecule has 2 N–H and O–H groups in total. The van der Waals surface area contributed by atoms with Crippen LogP contribution in [-0.2, 0) is 4.74 Å². The first-order valence-electron chi connectivity index (χ1n) is 3.61. The fraction of sp³-hybridized carbons (Fsp3) is 0.250. The molecule has 1 rings (SSSR count). The molecule has 0 aliphatic rings. The number of hydrogen-bond acceptors (Lipinski definition) is 5. The molecule has 0 saturated carbocycles. The number of rotatable bonds is 2. The zero-order valence-corrected chi connectivity index (χ0v) is 7.40. The minimum absolute atomic E-state index is 0.386. The molecule has 0 aromatic carbocycles. The molecule has 0 amide bonds. The summed E-state index contributed by atoms with van der Waals surface area (Å²) in [4.78, 5) is 11.1. The minimum atomic E-state index is -0.432. The molecular weight excluding hydrogens is 172 g/mol. The molecule has 0 unspecified atom stereocenters. The highest BCUT2D eigenvalue weighted by Crippen LogP contribution is 2.13. The van der Waals surface area contributed by atoms with Crippen molar-refractivity contribution in [1.29, 1.82) is 0 Å². The van der Waals surface area contributed by atoms with Crippen molar-refractivity contribution in [2.75, 3.05) is 7.11 Å². The summed E-state index contributed by atoms with van der Waals surface area (Å²) >= 11 is 0. The smallest absolute Gasteiger partial charge is 0.341 e.